The molecule has 0 spiro atoms. The fraction of sp³-hybridized carbons (Fsp3) is 0.788. The summed E-state index contributed by atoms with van der Waals surface area (Å²) in [5.41, 5.74) is 2.37. The van der Waals surface area contributed by atoms with E-state index in [9.17, 15) is 9.90 Å². The van der Waals surface area contributed by atoms with Gasteiger partial charge in [0.05, 0.1) is 6.10 Å². The second-order valence-corrected chi connectivity index (χ2v) is 11.3. The van der Waals surface area contributed by atoms with Gasteiger partial charge >= 0.3 is 0 Å². The van der Waals surface area contributed by atoms with E-state index in [1.54, 1.807) is 0 Å². The van der Waals surface area contributed by atoms with Crippen LogP contribution in [0.3, 0.4) is 0 Å². The van der Waals surface area contributed by atoms with Crippen molar-refractivity contribution in [2.24, 2.45) is 5.92 Å². The highest BCUT2D eigenvalue weighted by Gasteiger charge is 2.20. The average molecular weight is 485 g/mol. The molecule has 0 bridgehead atoms. The molecule has 2 atom stereocenters. The smallest absolute Gasteiger partial charge is 0.159 e. The standard InChI is InChI=1S/C33H56O2/c1-2-3-4-5-6-7-10-13-16-25-31(34)26-17-14-11-8-9-12-15-21-29-22-20-24-30-23-18-19-27-32(30)33(35)28-29/h18,20,22-23,29,31,34H,2-17,19,21,24-28H2,1H3/b22-20+. The van der Waals surface area contributed by atoms with Gasteiger partial charge < -0.3 is 5.11 Å². The van der Waals surface area contributed by atoms with E-state index in [0.29, 0.717) is 18.1 Å². The van der Waals surface area contributed by atoms with Crippen LogP contribution in [0.1, 0.15) is 155 Å². The van der Waals surface area contributed by atoms with Crippen molar-refractivity contribution < 1.29 is 9.90 Å². The lowest BCUT2D eigenvalue weighted by Crippen LogP contribution is -2.14. The normalized spacial score (nSPS) is 19.9. The summed E-state index contributed by atoms with van der Waals surface area (Å²) in [5.74, 6) is 0.841. The molecule has 35 heavy (non-hydrogen) atoms. The van der Waals surface area contributed by atoms with E-state index in [2.05, 4.69) is 31.2 Å². The maximum Gasteiger partial charge on any atom is 0.159 e. The lowest BCUT2D eigenvalue weighted by molar-refractivity contribution is -0.116. The predicted octanol–water partition coefficient (Wildman–Crippen LogP) is 9.96. The third-order valence-corrected chi connectivity index (χ3v) is 8.05. The van der Waals surface area contributed by atoms with Gasteiger partial charge in [-0.05, 0) is 55.6 Å². The first-order valence-corrected chi connectivity index (χ1v) is 15.5. The van der Waals surface area contributed by atoms with Crippen LogP contribution in [0.15, 0.2) is 35.5 Å². The number of unbranched alkanes of at least 4 members (excludes halogenated alkanes) is 14. The first-order valence-electron chi connectivity index (χ1n) is 15.5. The summed E-state index contributed by atoms with van der Waals surface area (Å²) in [7, 11) is 0. The summed E-state index contributed by atoms with van der Waals surface area (Å²) in [5, 5.41) is 10.2. The quantitative estimate of drug-likeness (QED) is 0.138. The number of aliphatic hydroxyl groups is 1. The number of carbonyl (C=O) groups is 1. The summed E-state index contributed by atoms with van der Waals surface area (Å²) < 4.78 is 0. The van der Waals surface area contributed by atoms with Crippen molar-refractivity contribution in [1.82, 2.24) is 0 Å². The number of hydrogen-bond acceptors (Lipinski definition) is 2. The van der Waals surface area contributed by atoms with E-state index >= 15 is 0 Å². The van der Waals surface area contributed by atoms with Crippen molar-refractivity contribution >= 4 is 5.78 Å². The molecule has 2 nitrogen and oxygen atoms in total. The van der Waals surface area contributed by atoms with Crippen LogP contribution >= 0.6 is 0 Å². The maximum atomic E-state index is 12.7. The van der Waals surface area contributed by atoms with Gasteiger partial charge in [0.1, 0.15) is 0 Å². The molecule has 0 aliphatic heterocycles. The van der Waals surface area contributed by atoms with Crippen LogP contribution in [-0.2, 0) is 4.79 Å². The van der Waals surface area contributed by atoms with Gasteiger partial charge in [0.25, 0.3) is 0 Å². The molecule has 200 valence electrons. The molecule has 1 N–H and O–H groups in total. The summed E-state index contributed by atoms with van der Waals surface area (Å²) in [6.45, 7) is 2.27. The van der Waals surface area contributed by atoms with Gasteiger partial charge in [-0.3, -0.25) is 4.79 Å². The van der Waals surface area contributed by atoms with E-state index in [-0.39, 0.29) is 6.10 Å². The fourth-order valence-electron chi connectivity index (χ4n) is 5.74. The summed E-state index contributed by atoms with van der Waals surface area (Å²) in [6, 6.07) is 0. The van der Waals surface area contributed by atoms with Crippen LogP contribution in [0, 0.1) is 5.92 Å². The van der Waals surface area contributed by atoms with Crippen molar-refractivity contribution in [3.63, 3.8) is 0 Å². The van der Waals surface area contributed by atoms with Crippen LogP contribution in [0.25, 0.3) is 0 Å². The Morgan fingerprint density at radius 2 is 1.37 bits per heavy atom. The Morgan fingerprint density at radius 3 is 2.00 bits per heavy atom. The van der Waals surface area contributed by atoms with Crippen LogP contribution in [-0.4, -0.2) is 17.0 Å². The Morgan fingerprint density at radius 1 is 0.800 bits per heavy atom. The third-order valence-electron chi connectivity index (χ3n) is 8.05. The molecule has 2 unspecified atom stereocenters. The number of aliphatic hydroxyl groups excluding tert-OH is 1. The van der Waals surface area contributed by atoms with Gasteiger partial charge in [0.2, 0.25) is 0 Å². The van der Waals surface area contributed by atoms with E-state index < -0.39 is 0 Å². The zero-order valence-electron chi connectivity index (χ0n) is 23.1. The Bertz CT molecular complexity index is 641. The van der Waals surface area contributed by atoms with E-state index in [1.807, 2.05) is 0 Å². The number of carbonyl (C=O) groups excluding carboxylic acids is 1. The highest BCUT2D eigenvalue weighted by atomic mass is 16.3. The molecule has 0 heterocycles. The van der Waals surface area contributed by atoms with E-state index in [0.717, 1.165) is 44.1 Å². The Labute approximate surface area is 217 Å². The monoisotopic (exact) mass is 484 g/mol. The number of allylic oxidation sites excluding steroid dienone is 6. The molecule has 0 fully saturated rings. The molecular formula is C33H56O2. The lowest BCUT2D eigenvalue weighted by atomic mass is 9.84. The predicted molar refractivity (Wildman–Crippen MR) is 152 cm³/mol. The van der Waals surface area contributed by atoms with Crippen molar-refractivity contribution in [1.29, 1.82) is 0 Å². The number of hydrogen-bond donors (Lipinski definition) is 1. The molecule has 0 saturated carbocycles. The molecule has 2 aliphatic carbocycles. The Balaban J connectivity index is 1.37. The molecule has 0 aromatic carbocycles. The second kappa shape index (κ2) is 20.0. The Hall–Kier alpha value is -1.15. The van der Waals surface area contributed by atoms with Crippen LogP contribution in [0.2, 0.25) is 0 Å². The van der Waals surface area contributed by atoms with Gasteiger partial charge in [0.15, 0.2) is 5.78 Å². The molecule has 2 aliphatic rings. The molecular weight excluding hydrogens is 428 g/mol. The molecule has 2 heteroatoms. The van der Waals surface area contributed by atoms with Crippen LogP contribution in [0.5, 0.6) is 0 Å². The molecule has 2 rings (SSSR count). The van der Waals surface area contributed by atoms with Crippen molar-refractivity contribution in [3.05, 3.63) is 35.5 Å². The summed E-state index contributed by atoms with van der Waals surface area (Å²) in [6.07, 6.45) is 36.8. The Kier molecular flexibility index (Phi) is 17.2. The number of ketones is 1. The minimum Gasteiger partial charge on any atom is -0.393 e. The fourth-order valence-corrected chi connectivity index (χ4v) is 5.74. The number of rotatable bonds is 20. The van der Waals surface area contributed by atoms with E-state index in [1.165, 1.54) is 108 Å². The topological polar surface area (TPSA) is 37.3 Å². The first kappa shape index (κ1) is 30.1. The lowest BCUT2D eigenvalue weighted by Gasteiger charge is -2.20. The highest BCUT2D eigenvalue weighted by molar-refractivity contribution is 5.97. The zero-order valence-corrected chi connectivity index (χ0v) is 23.1. The zero-order chi connectivity index (χ0) is 25.0. The SMILES string of the molecule is CCCCCCCCCCCC(O)CCCCCCCCCC1/C=C/CC2=C(CCC=C2)C(=O)C1. The summed E-state index contributed by atoms with van der Waals surface area (Å²) >= 11 is 0. The van der Waals surface area contributed by atoms with Gasteiger partial charge in [-0.25, -0.2) is 0 Å². The molecule has 0 aromatic rings. The van der Waals surface area contributed by atoms with Gasteiger partial charge in [-0.2, -0.15) is 0 Å². The summed E-state index contributed by atoms with van der Waals surface area (Å²) in [4.78, 5) is 12.7. The largest absolute Gasteiger partial charge is 0.393 e. The van der Waals surface area contributed by atoms with Crippen molar-refractivity contribution in [3.8, 4) is 0 Å². The van der Waals surface area contributed by atoms with Gasteiger partial charge in [-0.1, -0.05) is 134 Å². The first-order chi connectivity index (χ1) is 17.2. The van der Waals surface area contributed by atoms with Crippen molar-refractivity contribution in [2.45, 2.75) is 161 Å². The van der Waals surface area contributed by atoms with Crippen LogP contribution in [0.4, 0.5) is 0 Å². The van der Waals surface area contributed by atoms with Gasteiger partial charge in [-0.15, -0.1) is 0 Å². The number of Topliss-reactive ketones (excluding diaryl/α,β-unsaturated/α-hetero) is 1. The third kappa shape index (κ3) is 14.2. The van der Waals surface area contributed by atoms with Crippen molar-refractivity contribution in [2.75, 3.05) is 0 Å². The molecule has 0 radical (unpaired) electrons. The molecule has 0 aromatic heterocycles. The molecule has 0 amide bonds. The highest BCUT2D eigenvalue weighted by Crippen LogP contribution is 2.29. The van der Waals surface area contributed by atoms with Gasteiger partial charge in [0, 0.05) is 6.42 Å². The molecule has 0 saturated heterocycles. The van der Waals surface area contributed by atoms with E-state index in [4.69, 9.17) is 0 Å². The minimum absolute atomic E-state index is 0.0735. The average Bonchev–Trinajstić information content (AvgIpc) is 2.85. The second-order valence-electron chi connectivity index (χ2n) is 11.3. The van der Waals surface area contributed by atoms with Crippen LogP contribution < -0.4 is 0 Å². The minimum atomic E-state index is -0.0735. The maximum absolute atomic E-state index is 12.7.